The first-order valence-corrected chi connectivity index (χ1v) is 10.2. The number of hydrogen-bond donors (Lipinski definition) is 1. The first-order valence-electron chi connectivity index (χ1n) is 10.2. The minimum atomic E-state index is -0.993. The van der Waals surface area contributed by atoms with Crippen molar-refractivity contribution in [1.29, 1.82) is 0 Å². The Morgan fingerprint density at radius 3 is 2.47 bits per heavy atom. The third kappa shape index (κ3) is 5.25. The molecule has 7 nitrogen and oxygen atoms in total. The van der Waals surface area contributed by atoms with Gasteiger partial charge in [0.1, 0.15) is 17.5 Å². The SMILES string of the molecule is COC(=O)[C@H](Cc1ccc2c(c1)C(=O)N(C)Cc1cc(F)ccc1-2)NC(=O)OC(C)(C)C. The number of rotatable bonds is 4. The smallest absolute Gasteiger partial charge is 0.408 e. The highest BCUT2D eigenvalue weighted by molar-refractivity contribution is 6.02. The van der Waals surface area contributed by atoms with E-state index in [0.29, 0.717) is 22.3 Å². The van der Waals surface area contributed by atoms with Gasteiger partial charge in [-0.15, -0.1) is 0 Å². The van der Waals surface area contributed by atoms with Gasteiger partial charge in [0.05, 0.1) is 7.11 Å². The Labute approximate surface area is 186 Å². The molecule has 8 heteroatoms. The van der Waals surface area contributed by atoms with Crippen molar-refractivity contribution >= 4 is 18.0 Å². The van der Waals surface area contributed by atoms with Gasteiger partial charge in [0.25, 0.3) is 5.91 Å². The van der Waals surface area contributed by atoms with Crippen LogP contribution in [-0.4, -0.2) is 48.7 Å². The lowest BCUT2D eigenvalue weighted by molar-refractivity contribution is -0.143. The number of esters is 1. The van der Waals surface area contributed by atoms with E-state index in [4.69, 9.17) is 9.47 Å². The molecule has 170 valence electrons. The second-order valence-corrected chi connectivity index (χ2v) is 8.77. The molecule has 2 amide bonds. The zero-order valence-corrected chi connectivity index (χ0v) is 18.8. The normalized spacial score (nSPS) is 14.1. The number of methoxy groups -OCH3 is 1. The number of benzene rings is 2. The Morgan fingerprint density at radius 1 is 1.12 bits per heavy atom. The molecule has 32 heavy (non-hydrogen) atoms. The maximum Gasteiger partial charge on any atom is 0.408 e. The van der Waals surface area contributed by atoms with Crippen molar-refractivity contribution in [2.75, 3.05) is 14.2 Å². The number of fused-ring (bicyclic) bond motifs is 3. The monoisotopic (exact) mass is 442 g/mol. The molecule has 0 fully saturated rings. The summed E-state index contributed by atoms with van der Waals surface area (Å²) < 4.78 is 23.8. The molecule has 0 aromatic heterocycles. The molecule has 3 rings (SSSR count). The second-order valence-electron chi connectivity index (χ2n) is 8.77. The van der Waals surface area contributed by atoms with Crippen LogP contribution in [0.4, 0.5) is 9.18 Å². The summed E-state index contributed by atoms with van der Waals surface area (Å²) in [5.41, 5.74) is 2.55. The van der Waals surface area contributed by atoms with Crippen LogP contribution in [0.5, 0.6) is 0 Å². The lowest BCUT2D eigenvalue weighted by Crippen LogP contribution is -2.45. The molecule has 0 spiro atoms. The van der Waals surface area contributed by atoms with E-state index in [0.717, 1.165) is 5.56 Å². The minimum Gasteiger partial charge on any atom is -0.467 e. The number of alkyl carbamates (subject to hydrolysis) is 1. The summed E-state index contributed by atoms with van der Waals surface area (Å²) in [6.07, 6.45) is -0.638. The molecule has 0 saturated heterocycles. The number of nitrogens with zero attached hydrogens (tertiary/aromatic N) is 1. The van der Waals surface area contributed by atoms with Gasteiger partial charge in [-0.25, -0.2) is 14.0 Å². The van der Waals surface area contributed by atoms with Crippen LogP contribution in [0.3, 0.4) is 0 Å². The number of carbonyl (C=O) groups is 3. The summed E-state index contributed by atoms with van der Waals surface area (Å²) in [6.45, 7) is 5.44. The van der Waals surface area contributed by atoms with Gasteiger partial charge in [0.15, 0.2) is 0 Å². The van der Waals surface area contributed by atoms with Crippen molar-refractivity contribution < 1.29 is 28.2 Å². The molecular weight excluding hydrogens is 415 g/mol. The minimum absolute atomic E-state index is 0.104. The highest BCUT2D eigenvalue weighted by Gasteiger charge is 2.28. The molecule has 0 unspecified atom stereocenters. The van der Waals surface area contributed by atoms with Crippen LogP contribution in [0.15, 0.2) is 36.4 Å². The summed E-state index contributed by atoms with van der Waals surface area (Å²) >= 11 is 0. The first-order chi connectivity index (χ1) is 15.0. The fraction of sp³-hybridized carbons (Fsp3) is 0.375. The predicted octanol–water partition coefficient (Wildman–Crippen LogP) is 3.69. The highest BCUT2D eigenvalue weighted by atomic mass is 19.1. The van der Waals surface area contributed by atoms with Crippen LogP contribution < -0.4 is 5.32 Å². The van der Waals surface area contributed by atoms with Crippen LogP contribution in [0.1, 0.15) is 42.3 Å². The maximum absolute atomic E-state index is 13.8. The van der Waals surface area contributed by atoms with Crippen molar-refractivity contribution in [1.82, 2.24) is 10.2 Å². The second kappa shape index (κ2) is 8.98. The average Bonchev–Trinajstić information content (AvgIpc) is 2.80. The van der Waals surface area contributed by atoms with E-state index in [2.05, 4.69) is 5.32 Å². The van der Waals surface area contributed by atoms with Crippen LogP contribution in [0.25, 0.3) is 11.1 Å². The van der Waals surface area contributed by atoms with Crippen LogP contribution in [0.2, 0.25) is 0 Å². The predicted molar refractivity (Wildman–Crippen MR) is 117 cm³/mol. The van der Waals surface area contributed by atoms with Gasteiger partial charge in [-0.3, -0.25) is 4.79 Å². The van der Waals surface area contributed by atoms with Crippen molar-refractivity contribution in [2.24, 2.45) is 0 Å². The standard InChI is InChI=1S/C24H27FN2O5/c1-24(2,3)32-23(30)26-20(22(29)31-5)11-14-6-8-18-17-9-7-16(25)12-15(17)13-27(4)21(28)19(18)10-14/h6-10,12,20H,11,13H2,1-5H3,(H,26,30)/t20-/m0/s1. The van der Waals surface area contributed by atoms with Gasteiger partial charge in [-0.1, -0.05) is 18.2 Å². The van der Waals surface area contributed by atoms with Crippen molar-refractivity contribution in [3.8, 4) is 11.1 Å². The summed E-state index contributed by atoms with van der Waals surface area (Å²) in [5, 5.41) is 2.53. The summed E-state index contributed by atoms with van der Waals surface area (Å²) in [4.78, 5) is 39.0. The van der Waals surface area contributed by atoms with Gasteiger partial charge >= 0.3 is 12.1 Å². The van der Waals surface area contributed by atoms with Gasteiger partial charge < -0.3 is 19.7 Å². The van der Waals surface area contributed by atoms with Crippen molar-refractivity contribution in [3.63, 3.8) is 0 Å². The summed E-state index contributed by atoms with van der Waals surface area (Å²) in [7, 11) is 2.89. The van der Waals surface area contributed by atoms with E-state index in [1.54, 1.807) is 52.1 Å². The quantitative estimate of drug-likeness (QED) is 0.730. The Morgan fingerprint density at radius 2 is 1.81 bits per heavy atom. The Hall–Kier alpha value is -3.42. The van der Waals surface area contributed by atoms with E-state index in [1.807, 2.05) is 0 Å². The lowest BCUT2D eigenvalue weighted by atomic mass is 9.93. The van der Waals surface area contributed by atoms with Crippen molar-refractivity contribution in [2.45, 2.75) is 45.4 Å². The van der Waals surface area contributed by atoms with E-state index in [9.17, 15) is 18.8 Å². The zero-order valence-electron chi connectivity index (χ0n) is 18.8. The lowest BCUT2D eigenvalue weighted by Gasteiger charge is -2.23. The Bertz CT molecular complexity index is 1060. The molecule has 0 radical (unpaired) electrons. The molecule has 1 aliphatic rings. The zero-order chi connectivity index (χ0) is 23.6. The largest absolute Gasteiger partial charge is 0.467 e. The van der Waals surface area contributed by atoms with Gasteiger partial charge in [0.2, 0.25) is 0 Å². The number of carbonyl (C=O) groups excluding carboxylic acids is 3. The molecule has 2 aromatic rings. The summed E-state index contributed by atoms with van der Waals surface area (Å²) in [6, 6.07) is 8.71. The topological polar surface area (TPSA) is 84.9 Å². The number of halogens is 1. The fourth-order valence-corrected chi connectivity index (χ4v) is 3.64. The summed E-state index contributed by atoms with van der Waals surface area (Å²) in [5.74, 6) is -1.21. The van der Waals surface area contributed by atoms with Gasteiger partial charge in [-0.2, -0.15) is 0 Å². The van der Waals surface area contributed by atoms with E-state index in [-0.39, 0.29) is 24.7 Å². The Balaban J connectivity index is 1.93. The number of ether oxygens (including phenoxy) is 2. The number of nitrogens with one attached hydrogen (secondary N) is 1. The number of hydrogen-bond acceptors (Lipinski definition) is 5. The molecule has 1 atom stereocenters. The third-order valence-electron chi connectivity index (χ3n) is 5.04. The molecule has 0 bridgehead atoms. The van der Waals surface area contributed by atoms with E-state index < -0.39 is 23.7 Å². The first kappa shape index (κ1) is 23.2. The van der Waals surface area contributed by atoms with Crippen molar-refractivity contribution in [3.05, 3.63) is 58.9 Å². The molecule has 2 aromatic carbocycles. The molecule has 1 N–H and O–H groups in total. The van der Waals surface area contributed by atoms with Crippen LogP contribution >= 0.6 is 0 Å². The van der Waals surface area contributed by atoms with E-state index >= 15 is 0 Å². The van der Waals surface area contributed by atoms with Gasteiger partial charge in [-0.05, 0) is 61.2 Å². The Kier molecular flexibility index (Phi) is 6.52. The highest BCUT2D eigenvalue weighted by Crippen LogP contribution is 2.33. The number of amides is 2. The van der Waals surface area contributed by atoms with Crippen LogP contribution in [0, 0.1) is 5.82 Å². The van der Waals surface area contributed by atoms with Gasteiger partial charge in [0, 0.05) is 25.6 Å². The third-order valence-corrected chi connectivity index (χ3v) is 5.04. The molecular formula is C24H27FN2O5. The molecule has 0 aliphatic carbocycles. The maximum atomic E-state index is 13.8. The molecule has 0 saturated carbocycles. The molecule has 1 aliphatic heterocycles. The van der Waals surface area contributed by atoms with Crippen LogP contribution in [-0.2, 0) is 27.2 Å². The average molecular weight is 442 g/mol. The molecule has 1 heterocycles. The fourth-order valence-electron chi connectivity index (χ4n) is 3.64. The van der Waals surface area contributed by atoms with E-state index in [1.165, 1.54) is 24.1 Å².